The second-order valence-electron chi connectivity index (χ2n) is 7.06. The van der Waals surface area contributed by atoms with Crippen LogP contribution >= 0.6 is 0 Å². The zero-order valence-electron chi connectivity index (χ0n) is 14.7. The fraction of sp³-hybridized carbons (Fsp3) is 0.882. The maximum atomic E-state index is 11.3. The highest BCUT2D eigenvalue weighted by Gasteiger charge is 2.31. The number of nitriles is 1. The second-order valence-corrected chi connectivity index (χ2v) is 8.89. The standard InChI is InChI=1S/C17H30N4O2S/c1-24(22,23)20-12-11-15-8-7-13-21(17(15)19-14-18)16-9-5-3-2-4-6-10-16/h15-16,20H,2-13H2,1H3. The van der Waals surface area contributed by atoms with E-state index in [-0.39, 0.29) is 5.92 Å². The van der Waals surface area contributed by atoms with Crippen molar-refractivity contribution >= 4 is 15.9 Å². The van der Waals surface area contributed by atoms with Crippen molar-refractivity contribution < 1.29 is 8.42 Å². The zero-order chi connectivity index (χ0) is 17.4. The Morgan fingerprint density at radius 1 is 1.17 bits per heavy atom. The molecule has 1 saturated carbocycles. The molecule has 6 nitrogen and oxygen atoms in total. The van der Waals surface area contributed by atoms with Crippen molar-refractivity contribution in [2.75, 3.05) is 19.3 Å². The van der Waals surface area contributed by atoms with Gasteiger partial charge in [0.15, 0.2) is 0 Å². The van der Waals surface area contributed by atoms with Crippen LogP contribution in [0.4, 0.5) is 0 Å². The second kappa shape index (κ2) is 9.38. The Morgan fingerprint density at radius 3 is 2.46 bits per heavy atom. The minimum absolute atomic E-state index is 0.179. The van der Waals surface area contributed by atoms with Crippen LogP contribution in [0.3, 0.4) is 0 Å². The minimum Gasteiger partial charge on any atom is -0.356 e. The van der Waals surface area contributed by atoms with Crippen LogP contribution in [0, 0.1) is 17.4 Å². The van der Waals surface area contributed by atoms with Gasteiger partial charge in [-0.25, -0.2) is 13.1 Å². The highest BCUT2D eigenvalue weighted by Crippen LogP contribution is 2.29. The molecule has 2 aliphatic rings. The lowest BCUT2D eigenvalue weighted by Crippen LogP contribution is -2.48. The number of amidine groups is 1. The first-order valence-electron chi connectivity index (χ1n) is 9.19. The number of nitrogens with zero attached hydrogens (tertiary/aromatic N) is 3. The van der Waals surface area contributed by atoms with Gasteiger partial charge in [0.05, 0.1) is 6.26 Å². The molecule has 1 aliphatic heterocycles. The van der Waals surface area contributed by atoms with Crippen molar-refractivity contribution in [1.82, 2.24) is 9.62 Å². The Kier molecular flexibility index (Phi) is 7.50. The number of piperidine rings is 1. The van der Waals surface area contributed by atoms with Crippen LogP contribution in [0.5, 0.6) is 0 Å². The molecule has 0 amide bonds. The summed E-state index contributed by atoms with van der Waals surface area (Å²) in [6.45, 7) is 1.38. The average molecular weight is 355 g/mol. The molecule has 0 aromatic heterocycles. The molecule has 1 N–H and O–H groups in total. The number of hydrogen-bond donors (Lipinski definition) is 1. The molecule has 0 radical (unpaired) electrons. The van der Waals surface area contributed by atoms with E-state index in [4.69, 9.17) is 5.26 Å². The molecule has 1 unspecified atom stereocenters. The van der Waals surface area contributed by atoms with Crippen LogP contribution in [-0.4, -0.2) is 44.5 Å². The monoisotopic (exact) mass is 354 g/mol. The average Bonchev–Trinajstić information content (AvgIpc) is 2.48. The van der Waals surface area contributed by atoms with Gasteiger partial charge in [0.25, 0.3) is 0 Å². The van der Waals surface area contributed by atoms with Crippen molar-refractivity contribution in [3.05, 3.63) is 0 Å². The van der Waals surface area contributed by atoms with Crippen molar-refractivity contribution in [3.63, 3.8) is 0 Å². The van der Waals surface area contributed by atoms with Gasteiger partial charge in [-0.3, -0.25) is 0 Å². The van der Waals surface area contributed by atoms with Crippen LogP contribution < -0.4 is 4.72 Å². The third kappa shape index (κ3) is 6.06. The fourth-order valence-electron chi connectivity index (χ4n) is 4.00. The van der Waals surface area contributed by atoms with E-state index in [9.17, 15) is 8.42 Å². The first-order chi connectivity index (χ1) is 11.5. The predicted octanol–water partition coefficient (Wildman–Crippen LogP) is 2.63. The molecule has 2 fully saturated rings. The van der Waals surface area contributed by atoms with Crippen LogP contribution in [0.1, 0.15) is 64.2 Å². The lowest BCUT2D eigenvalue weighted by Gasteiger charge is -2.41. The summed E-state index contributed by atoms with van der Waals surface area (Å²) >= 11 is 0. The lowest BCUT2D eigenvalue weighted by molar-refractivity contribution is 0.218. The fourth-order valence-corrected chi connectivity index (χ4v) is 4.49. The third-order valence-electron chi connectivity index (χ3n) is 5.15. The van der Waals surface area contributed by atoms with Gasteiger partial charge in [-0.1, -0.05) is 32.1 Å². The Hall–Kier alpha value is -1.13. The normalized spacial score (nSPS) is 25.9. The molecule has 0 spiro atoms. The van der Waals surface area contributed by atoms with Crippen molar-refractivity contribution in [1.29, 1.82) is 5.26 Å². The summed E-state index contributed by atoms with van der Waals surface area (Å²) in [5, 5.41) is 9.13. The molecule has 1 aliphatic carbocycles. The predicted molar refractivity (Wildman–Crippen MR) is 96.0 cm³/mol. The van der Waals surface area contributed by atoms with Crippen molar-refractivity contribution in [3.8, 4) is 6.19 Å². The first kappa shape index (κ1) is 19.2. The van der Waals surface area contributed by atoms with Crippen molar-refractivity contribution in [2.45, 2.75) is 70.3 Å². The molecule has 1 heterocycles. The van der Waals surface area contributed by atoms with E-state index < -0.39 is 10.0 Å². The topological polar surface area (TPSA) is 85.6 Å². The number of likely N-dealkylation sites (tertiary alicyclic amines) is 1. The summed E-state index contributed by atoms with van der Waals surface area (Å²) in [7, 11) is -3.17. The Balaban J connectivity index is 2.04. The Morgan fingerprint density at radius 2 is 1.83 bits per heavy atom. The summed E-state index contributed by atoms with van der Waals surface area (Å²) in [4.78, 5) is 6.53. The zero-order valence-corrected chi connectivity index (χ0v) is 15.5. The van der Waals surface area contributed by atoms with E-state index in [2.05, 4.69) is 14.6 Å². The summed E-state index contributed by atoms with van der Waals surface area (Å²) in [5.41, 5.74) is 0. The number of rotatable bonds is 5. The largest absolute Gasteiger partial charge is 0.356 e. The van der Waals surface area contributed by atoms with Crippen molar-refractivity contribution in [2.24, 2.45) is 10.9 Å². The molecular weight excluding hydrogens is 324 g/mol. The van der Waals surface area contributed by atoms with E-state index in [0.29, 0.717) is 19.0 Å². The molecule has 7 heteroatoms. The van der Waals surface area contributed by atoms with Gasteiger partial charge in [0.2, 0.25) is 16.2 Å². The van der Waals surface area contributed by atoms with Gasteiger partial charge in [-0.05, 0) is 32.1 Å². The summed E-state index contributed by atoms with van der Waals surface area (Å²) in [5.74, 6) is 1.07. The molecule has 0 aromatic rings. The quantitative estimate of drug-likeness (QED) is 0.769. The summed E-state index contributed by atoms with van der Waals surface area (Å²) in [6.07, 6.45) is 14.7. The number of aliphatic imine (C=N–C) groups is 1. The molecule has 0 bridgehead atoms. The Bertz CT molecular complexity index is 560. The van der Waals surface area contributed by atoms with Crippen LogP contribution in [0.2, 0.25) is 0 Å². The molecule has 2 rings (SSSR count). The van der Waals surface area contributed by atoms with Gasteiger partial charge in [-0.2, -0.15) is 10.3 Å². The number of sulfonamides is 1. The molecule has 24 heavy (non-hydrogen) atoms. The lowest BCUT2D eigenvalue weighted by atomic mass is 9.89. The molecule has 1 saturated heterocycles. The van der Waals surface area contributed by atoms with E-state index in [1.54, 1.807) is 0 Å². The van der Waals surface area contributed by atoms with E-state index in [1.165, 1.54) is 51.2 Å². The number of nitrogens with one attached hydrogen (secondary N) is 1. The Labute approximate surface area is 146 Å². The maximum absolute atomic E-state index is 11.3. The SMILES string of the molecule is CS(=O)(=O)NCCC1CCCN(C2CCCCCCC2)C1=NC#N. The van der Waals surface area contributed by atoms with E-state index in [0.717, 1.165) is 25.2 Å². The van der Waals surface area contributed by atoms with E-state index >= 15 is 0 Å². The van der Waals surface area contributed by atoms with E-state index in [1.807, 2.05) is 6.19 Å². The number of hydrogen-bond acceptors (Lipinski definition) is 4. The smallest absolute Gasteiger partial charge is 0.208 e. The van der Waals surface area contributed by atoms with Crippen LogP contribution in [0.25, 0.3) is 0 Å². The maximum Gasteiger partial charge on any atom is 0.208 e. The van der Waals surface area contributed by atoms with Crippen LogP contribution in [0.15, 0.2) is 4.99 Å². The molecule has 0 aromatic carbocycles. The highest BCUT2D eigenvalue weighted by atomic mass is 32.2. The third-order valence-corrected chi connectivity index (χ3v) is 5.88. The summed E-state index contributed by atoms with van der Waals surface area (Å²) < 4.78 is 25.1. The van der Waals surface area contributed by atoms with Gasteiger partial charge >= 0.3 is 0 Å². The summed E-state index contributed by atoms with van der Waals surface area (Å²) in [6, 6.07) is 0.489. The van der Waals surface area contributed by atoms with Gasteiger partial charge in [0.1, 0.15) is 5.84 Å². The van der Waals surface area contributed by atoms with Gasteiger partial charge in [0, 0.05) is 25.0 Å². The molecule has 136 valence electrons. The van der Waals surface area contributed by atoms with Crippen LogP contribution in [-0.2, 0) is 10.0 Å². The first-order valence-corrected chi connectivity index (χ1v) is 11.1. The molecule has 1 atom stereocenters. The van der Waals surface area contributed by atoms with Gasteiger partial charge in [-0.15, -0.1) is 0 Å². The van der Waals surface area contributed by atoms with Gasteiger partial charge < -0.3 is 4.90 Å². The highest BCUT2D eigenvalue weighted by molar-refractivity contribution is 7.88. The minimum atomic E-state index is -3.17. The molecular formula is C17H30N4O2S.